The average Bonchev–Trinajstić information content (AvgIpc) is 2.41. The minimum absolute atomic E-state index is 0.0829. The Kier molecular flexibility index (Phi) is 4.62. The normalized spacial score (nSPS) is 11.3. The Bertz CT molecular complexity index is 667. The zero-order valence-electron chi connectivity index (χ0n) is 11.0. The second-order valence-electron chi connectivity index (χ2n) is 4.37. The van der Waals surface area contributed by atoms with Crippen LogP contribution in [0.4, 0.5) is 5.69 Å². The van der Waals surface area contributed by atoms with Gasteiger partial charge in [0.05, 0.1) is 0 Å². The molecule has 1 aromatic heterocycles. The lowest BCUT2D eigenvalue weighted by atomic mass is 10.1. The van der Waals surface area contributed by atoms with Crippen LogP contribution < -0.4 is 4.72 Å². The van der Waals surface area contributed by atoms with Crippen LogP contribution in [0.2, 0.25) is 5.15 Å². The van der Waals surface area contributed by atoms with Crippen molar-refractivity contribution in [1.29, 1.82) is 0 Å². The number of benzene rings is 1. The first-order valence-corrected chi connectivity index (χ1v) is 8.10. The molecule has 0 radical (unpaired) electrons. The molecule has 0 aliphatic rings. The zero-order valence-corrected chi connectivity index (χ0v) is 12.6. The summed E-state index contributed by atoms with van der Waals surface area (Å²) in [6.07, 6.45) is 3.27. The highest BCUT2D eigenvalue weighted by molar-refractivity contribution is 7.92. The number of hydrogen-bond acceptors (Lipinski definition) is 3. The summed E-state index contributed by atoms with van der Waals surface area (Å²) in [6.45, 7) is 2.10. The number of nitrogens with zero attached hydrogens (tertiary/aromatic N) is 1. The van der Waals surface area contributed by atoms with Crippen LogP contribution in [0.5, 0.6) is 0 Å². The summed E-state index contributed by atoms with van der Waals surface area (Å²) in [6, 6.07) is 10.2. The van der Waals surface area contributed by atoms with E-state index in [0.717, 1.165) is 12.8 Å². The van der Waals surface area contributed by atoms with E-state index in [0.29, 0.717) is 5.69 Å². The monoisotopic (exact) mass is 310 g/mol. The summed E-state index contributed by atoms with van der Waals surface area (Å²) >= 11 is 5.64. The fraction of sp³-hybridized carbons (Fsp3) is 0.214. The molecule has 0 unspecified atom stereocenters. The van der Waals surface area contributed by atoms with E-state index in [2.05, 4.69) is 16.6 Å². The summed E-state index contributed by atoms with van der Waals surface area (Å²) < 4.78 is 26.8. The Morgan fingerprint density at radius 3 is 2.40 bits per heavy atom. The molecular weight excluding hydrogens is 296 g/mol. The first-order valence-electron chi connectivity index (χ1n) is 6.24. The number of aromatic nitrogens is 1. The van der Waals surface area contributed by atoms with Crippen molar-refractivity contribution in [3.05, 3.63) is 53.3 Å². The van der Waals surface area contributed by atoms with E-state index < -0.39 is 10.0 Å². The van der Waals surface area contributed by atoms with E-state index in [1.54, 1.807) is 12.1 Å². The molecule has 2 rings (SSSR count). The van der Waals surface area contributed by atoms with Crippen molar-refractivity contribution in [2.45, 2.75) is 24.7 Å². The van der Waals surface area contributed by atoms with E-state index in [1.807, 2.05) is 12.1 Å². The Labute approximate surface area is 123 Å². The highest BCUT2D eigenvalue weighted by atomic mass is 35.5. The Morgan fingerprint density at radius 1 is 1.15 bits per heavy atom. The van der Waals surface area contributed by atoms with Gasteiger partial charge in [-0.15, -0.1) is 0 Å². The molecule has 0 spiro atoms. The van der Waals surface area contributed by atoms with Crippen LogP contribution in [0.25, 0.3) is 0 Å². The summed E-state index contributed by atoms with van der Waals surface area (Å²) in [4.78, 5) is 3.85. The van der Waals surface area contributed by atoms with E-state index in [-0.39, 0.29) is 10.0 Å². The van der Waals surface area contributed by atoms with Crippen LogP contribution in [-0.4, -0.2) is 13.4 Å². The summed E-state index contributed by atoms with van der Waals surface area (Å²) in [5, 5.41) is 0.257. The fourth-order valence-corrected chi connectivity index (χ4v) is 2.88. The SMILES string of the molecule is CCCc1ccc(NS(=O)(=O)c2ccc(Cl)nc2)cc1. The largest absolute Gasteiger partial charge is 0.280 e. The van der Waals surface area contributed by atoms with Gasteiger partial charge in [-0.25, -0.2) is 13.4 Å². The van der Waals surface area contributed by atoms with Crippen LogP contribution in [0.3, 0.4) is 0 Å². The molecule has 2 aromatic rings. The van der Waals surface area contributed by atoms with Gasteiger partial charge in [-0.3, -0.25) is 4.72 Å². The summed E-state index contributed by atoms with van der Waals surface area (Å²) in [7, 11) is -3.63. The lowest BCUT2D eigenvalue weighted by Gasteiger charge is -2.08. The van der Waals surface area contributed by atoms with Gasteiger partial charge in [0.15, 0.2) is 0 Å². The molecule has 0 aliphatic heterocycles. The van der Waals surface area contributed by atoms with Crippen molar-refractivity contribution in [1.82, 2.24) is 4.98 Å². The molecule has 1 aromatic carbocycles. The third kappa shape index (κ3) is 3.71. The number of halogens is 1. The van der Waals surface area contributed by atoms with Crippen molar-refractivity contribution < 1.29 is 8.42 Å². The molecule has 6 heteroatoms. The smallest absolute Gasteiger partial charge is 0.263 e. The van der Waals surface area contributed by atoms with Gasteiger partial charge in [0.25, 0.3) is 10.0 Å². The molecule has 1 N–H and O–H groups in total. The minimum Gasteiger partial charge on any atom is -0.280 e. The zero-order chi connectivity index (χ0) is 14.6. The lowest BCUT2D eigenvalue weighted by molar-refractivity contribution is 0.601. The minimum atomic E-state index is -3.63. The van der Waals surface area contributed by atoms with Gasteiger partial charge < -0.3 is 0 Å². The highest BCUT2D eigenvalue weighted by Crippen LogP contribution is 2.17. The van der Waals surface area contributed by atoms with E-state index in [4.69, 9.17) is 11.6 Å². The molecule has 0 aliphatic carbocycles. The molecule has 0 fully saturated rings. The van der Waals surface area contributed by atoms with Crippen LogP contribution in [-0.2, 0) is 16.4 Å². The van der Waals surface area contributed by atoms with Crippen LogP contribution in [0, 0.1) is 0 Å². The maximum Gasteiger partial charge on any atom is 0.263 e. The molecule has 0 amide bonds. The van der Waals surface area contributed by atoms with Gasteiger partial charge in [0, 0.05) is 11.9 Å². The second-order valence-corrected chi connectivity index (χ2v) is 6.44. The van der Waals surface area contributed by atoms with Crippen molar-refractivity contribution in [2.24, 2.45) is 0 Å². The van der Waals surface area contributed by atoms with Gasteiger partial charge in [-0.2, -0.15) is 0 Å². The summed E-state index contributed by atoms with van der Waals surface area (Å²) in [5.41, 5.74) is 1.71. The van der Waals surface area contributed by atoms with Gasteiger partial charge in [0.2, 0.25) is 0 Å². The number of pyridine rings is 1. The second kappa shape index (κ2) is 6.24. The molecule has 4 nitrogen and oxygen atoms in total. The quantitative estimate of drug-likeness (QED) is 0.860. The molecule has 0 atom stereocenters. The Balaban J connectivity index is 2.17. The molecule has 0 saturated heterocycles. The highest BCUT2D eigenvalue weighted by Gasteiger charge is 2.14. The van der Waals surface area contributed by atoms with E-state index >= 15 is 0 Å². The van der Waals surface area contributed by atoms with Crippen LogP contribution in [0.1, 0.15) is 18.9 Å². The van der Waals surface area contributed by atoms with Gasteiger partial charge in [-0.05, 0) is 36.2 Å². The molecule has 20 heavy (non-hydrogen) atoms. The third-order valence-electron chi connectivity index (χ3n) is 2.76. The molecule has 106 valence electrons. The maximum atomic E-state index is 12.1. The predicted molar refractivity (Wildman–Crippen MR) is 80.5 cm³/mol. The van der Waals surface area contributed by atoms with Crippen LogP contribution >= 0.6 is 11.6 Å². The Morgan fingerprint density at radius 2 is 1.85 bits per heavy atom. The molecule has 0 bridgehead atoms. The van der Waals surface area contributed by atoms with Crippen molar-refractivity contribution in [3.63, 3.8) is 0 Å². The van der Waals surface area contributed by atoms with E-state index in [1.165, 1.54) is 23.9 Å². The number of aryl methyl sites for hydroxylation is 1. The first kappa shape index (κ1) is 14.8. The first-order chi connectivity index (χ1) is 9.51. The van der Waals surface area contributed by atoms with Crippen molar-refractivity contribution in [3.8, 4) is 0 Å². The standard InChI is InChI=1S/C14H15ClN2O2S/c1-2-3-11-4-6-12(7-5-11)17-20(18,19)13-8-9-14(15)16-10-13/h4-10,17H,2-3H2,1H3. The Hall–Kier alpha value is -1.59. The van der Waals surface area contributed by atoms with Gasteiger partial charge in [-0.1, -0.05) is 37.1 Å². The van der Waals surface area contributed by atoms with Crippen molar-refractivity contribution >= 4 is 27.3 Å². The van der Waals surface area contributed by atoms with E-state index in [9.17, 15) is 8.42 Å². The summed E-state index contributed by atoms with van der Waals surface area (Å²) in [5.74, 6) is 0. The lowest BCUT2D eigenvalue weighted by Crippen LogP contribution is -2.13. The number of anilines is 1. The molecule has 0 saturated carbocycles. The van der Waals surface area contributed by atoms with Crippen molar-refractivity contribution in [2.75, 3.05) is 4.72 Å². The predicted octanol–water partition coefficient (Wildman–Crippen LogP) is 3.49. The number of rotatable bonds is 5. The van der Waals surface area contributed by atoms with Crippen LogP contribution in [0.15, 0.2) is 47.5 Å². The topological polar surface area (TPSA) is 59.1 Å². The number of nitrogens with one attached hydrogen (secondary N) is 1. The third-order valence-corrected chi connectivity index (χ3v) is 4.35. The maximum absolute atomic E-state index is 12.1. The van der Waals surface area contributed by atoms with Gasteiger partial charge in [0.1, 0.15) is 10.0 Å². The molecular formula is C14H15ClN2O2S. The van der Waals surface area contributed by atoms with Gasteiger partial charge >= 0.3 is 0 Å². The number of sulfonamides is 1. The fourth-order valence-electron chi connectivity index (χ4n) is 1.76. The average molecular weight is 311 g/mol. The number of hydrogen-bond donors (Lipinski definition) is 1. The molecule has 1 heterocycles.